The molecule has 6 heteroatoms. The van der Waals surface area contributed by atoms with Crippen molar-refractivity contribution < 1.29 is 14.3 Å². The molecule has 0 saturated carbocycles. The highest BCUT2D eigenvalue weighted by atomic mass is 16.6. The van der Waals surface area contributed by atoms with Gasteiger partial charge in [-0.2, -0.15) is 0 Å². The summed E-state index contributed by atoms with van der Waals surface area (Å²) in [6, 6.07) is 1.83. The van der Waals surface area contributed by atoms with E-state index in [2.05, 4.69) is 10.3 Å². The Balaban J connectivity index is 2.67. The number of rotatable bonds is 3. The van der Waals surface area contributed by atoms with Crippen LogP contribution in [-0.4, -0.2) is 28.5 Å². The lowest BCUT2D eigenvalue weighted by atomic mass is 10.2. The van der Waals surface area contributed by atoms with Crippen LogP contribution < -0.4 is 10.9 Å². The van der Waals surface area contributed by atoms with E-state index in [9.17, 15) is 14.4 Å². The van der Waals surface area contributed by atoms with Gasteiger partial charge in [0.15, 0.2) is 0 Å². The van der Waals surface area contributed by atoms with Gasteiger partial charge < -0.3 is 15.0 Å². The summed E-state index contributed by atoms with van der Waals surface area (Å²) in [6.45, 7) is 6.77. The fraction of sp³-hybridized carbons (Fsp3) is 0.462. The van der Waals surface area contributed by atoms with Gasteiger partial charge in [-0.1, -0.05) is 0 Å². The molecule has 19 heavy (non-hydrogen) atoms. The number of esters is 1. The van der Waals surface area contributed by atoms with Gasteiger partial charge in [0.25, 0.3) is 5.91 Å². The third-order valence-corrected chi connectivity index (χ3v) is 2.15. The number of pyridine rings is 1. The fourth-order valence-corrected chi connectivity index (χ4v) is 1.31. The second-order valence-corrected chi connectivity index (χ2v) is 5.17. The zero-order valence-corrected chi connectivity index (χ0v) is 11.4. The topological polar surface area (TPSA) is 88.3 Å². The summed E-state index contributed by atoms with van der Waals surface area (Å²) < 4.78 is 5.14. The Morgan fingerprint density at radius 1 is 1.37 bits per heavy atom. The lowest BCUT2D eigenvalue weighted by molar-refractivity contribution is -0.156. The zero-order chi connectivity index (χ0) is 14.6. The number of ether oxygens (including phenoxy) is 1. The van der Waals surface area contributed by atoms with E-state index in [-0.39, 0.29) is 11.1 Å². The number of aromatic nitrogens is 1. The van der Waals surface area contributed by atoms with Gasteiger partial charge in [0.2, 0.25) is 5.56 Å². The molecule has 0 aliphatic rings. The molecule has 1 aromatic rings. The van der Waals surface area contributed by atoms with E-state index in [0.29, 0.717) is 0 Å². The molecule has 0 bridgehead atoms. The fourth-order valence-electron chi connectivity index (χ4n) is 1.31. The lowest BCUT2D eigenvalue weighted by Gasteiger charge is -2.22. The Morgan fingerprint density at radius 2 is 2.00 bits per heavy atom. The number of carbonyl (C=O) groups excluding carboxylic acids is 2. The molecule has 1 amide bonds. The number of aromatic amines is 1. The van der Waals surface area contributed by atoms with Crippen molar-refractivity contribution in [1.82, 2.24) is 10.3 Å². The second-order valence-electron chi connectivity index (χ2n) is 5.17. The van der Waals surface area contributed by atoms with Crippen LogP contribution in [0.1, 0.15) is 38.1 Å². The van der Waals surface area contributed by atoms with Crippen molar-refractivity contribution in [2.75, 3.05) is 0 Å². The Bertz CT molecular complexity index is 528. The predicted molar refractivity (Wildman–Crippen MR) is 69.8 cm³/mol. The number of nitrogens with one attached hydrogen (secondary N) is 2. The van der Waals surface area contributed by atoms with Crippen molar-refractivity contribution in [3.8, 4) is 0 Å². The largest absolute Gasteiger partial charge is 0.458 e. The van der Waals surface area contributed by atoms with Crippen molar-refractivity contribution in [2.45, 2.75) is 39.3 Å². The Kier molecular flexibility index (Phi) is 4.47. The van der Waals surface area contributed by atoms with E-state index >= 15 is 0 Å². The van der Waals surface area contributed by atoms with Crippen LogP contribution in [0.2, 0.25) is 0 Å². The minimum Gasteiger partial charge on any atom is -0.458 e. The number of carbonyl (C=O) groups is 2. The molecule has 0 spiro atoms. The quantitative estimate of drug-likeness (QED) is 0.793. The minimum atomic E-state index is -0.786. The molecular weight excluding hydrogens is 248 g/mol. The summed E-state index contributed by atoms with van der Waals surface area (Å²) in [5.41, 5.74) is -0.795. The van der Waals surface area contributed by atoms with Gasteiger partial charge in [-0.3, -0.25) is 9.59 Å². The van der Waals surface area contributed by atoms with Gasteiger partial charge in [0.1, 0.15) is 11.6 Å². The van der Waals surface area contributed by atoms with Crippen molar-refractivity contribution in [3.63, 3.8) is 0 Å². The third-order valence-electron chi connectivity index (χ3n) is 2.15. The first-order valence-electron chi connectivity index (χ1n) is 5.91. The van der Waals surface area contributed by atoms with Crippen molar-refractivity contribution in [3.05, 3.63) is 34.2 Å². The molecule has 1 aromatic heterocycles. The summed E-state index contributed by atoms with van der Waals surface area (Å²) in [5, 5.41) is 2.48. The molecule has 0 fully saturated rings. The van der Waals surface area contributed by atoms with E-state index in [1.807, 2.05) is 0 Å². The maximum absolute atomic E-state index is 11.8. The predicted octanol–water partition coefficient (Wildman–Crippen LogP) is 0.835. The first-order chi connectivity index (χ1) is 8.69. The summed E-state index contributed by atoms with van der Waals surface area (Å²) in [6.07, 6.45) is 1.37. The van der Waals surface area contributed by atoms with Crippen LogP contribution >= 0.6 is 0 Å². The van der Waals surface area contributed by atoms with E-state index in [1.165, 1.54) is 19.2 Å². The van der Waals surface area contributed by atoms with Crippen LogP contribution in [0.25, 0.3) is 0 Å². The normalized spacial score (nSPS) is 12.6. The Hall–Kier alpha value is -2.11. The average molecular weight is 266 g/mol. The van der Waals surface area contributed by atoms with E-state index in [0.717, 1.165) is 6.07 Å². The summed E-state index contributed by atoms with van der Waals surface area (Å²) >= 11 is 0. The summed E-state index contributed by atoms with van der Waals surface area (Å²) in [7, 11) is 0. The monoisotopic (exact) mass is 266 g/mol. The molecular formula is C13H18N2O4. The first kappa shape index (κ1) is 14.9. The molecule has 6 nitrogen and oxygen atoms in total. The third kappa shape index (κ3) is 4.95. The molecule has 0 radical (unpaired) electrons. The van der Waals surface area contributed by atoms with E-state index < -0.39 is 23.5 Å². The smallest absolute Gasteiger partial charge is 0.328 e. The molecule has 0 saturated heterocycles. The standard InChI is InChI=1S/C13H18N2O4/c1-8(12(18)19-13(2,3)4)15-11(17)9-5-6-14-10(16)7-9/h5-8H,1-4H3,(H,14,16)(H,15,17)/t8-/m1/s1. The molecule has 0 unspecified atom stereocenters. The molecule has 104 valence electrons. The first-order valence-corrected chi connectivity index (χ1v) is 5.91. The van der Waals surface area contributed by atoms with Gasteiger partial charge >= 0.3 is 5.97 Å². The number of H-pyrrole nitrogens is 1. The van der Waals surface area contributed by atoms with Crippen LogP contribution in [0.4, 0.5) is 0 Å². The average Bonchev–Trinajstić information content (AvgIpc) is 2.26. The molecule has 1 atom stereocenters. The molecule has 0 aliphatic carbocycles. The highest BCUT2D eigenvalue weighted by Crippen LogP contribution is 2.08. The summed E-state index contributed by atoms with van der Waals surface area (Å²) in [4.78, 5) is 37.0. The van der Waals surface area contributed by atoms with Crippen LogP contribution in [0.5, 0.6) is 0 Å². The van der Waals surface area contributed by atoms with E-state index in [4.69, 9.17) is 4.74 Å². The molecule has 0 aromatic carbocycles. The molecule has 1 heterocycles. The van der Waals surface area contributed by atoms with Gasteiger partial charge in [0.05, 0.1) is 0 Å². The van der Waals surface area contributed by atoms with Crippen molar-refractivity contribution in [1.29, 1.82) is 0 Å². The minimum absolute atomic E-state index is 0.194. The number of amides is 1. The molecule has 2 N–H and O–H groups in total. The van der Waals surface area contributed by atoms with Crippen LogP contribution in [0.3, 0.4) is 0 Å². The van der Waals surface area contributed by atoms with Gasteiger partial charge in [-0.15, -0.1) is 0 Å². The maximum Gasteiger partial charge on any atom is 0.328 e. The SMILES string of the molecule is C[C@@H](NC(=O)c1cc[nH]c(=O)c1)C(=O)OC(C)(C)C. The van der Waals surface area contributed by atoms with Crippen LogP contribution in [0.15, 0.2) is 23.1 Å². The van der Waals surface area contributed by atoms with E-state index in [1.54, 1.807) is 20.8 Å². The van der Waals surface area contributed by atoms with Crippen molar-refractivity contribution >= 4 is 11.9 Å². The highest BCUT2D eigenvalue weighted by Gasteiger charge is 2.23. The van der Waals surface area contributed by atoms with Gasteiger partial charge in [-0.25, -0.2) is 4.79 Å². The van der Waals surface area contributed by atoms with Crippen LogP contribution in [-0.2, 0) is 9.53 Å². The number of hydrogen-bond acceptors (Lipinski definition) is 4. The summed E-state index contributed by atoms with van der Waals surface area (Å²) in [5.74, 6) is -1.02. The zero-order valence-electron chi connectivity index (χ0n) is 11.4. The second kappa shape index (κ2) is 5.69. The van der Waals surface area contributed by atoms with Gasteiger partial charge in [0, 0.05) is 17.8 Å². The number of hydrogen-bond donors (Lipinski definition) is 2. The highest BCUT2D eigenvalue weighted by molar-refractivity contribution is 5.96. The lowest BCUT2D eigenvalue weighted by Crippen LogP contribution is -2.42. The van der Waals surface area contributed by atoms with Gasteiger partial charge in [-0.05, 0) is 33.8 Å². The maximum atomic E-state index is 11.8. The molecule has 1 rings (SSSR count). The Labute approximate surface area is 111 Å². The van der Waals surface area contributed by atoms with Crippen LogP contribution in [0, 0.1) is 0 Å². The Morgan fingerprint density at radius 3 is 2.53 bits per heavy atom. The van der Waals surface area contributed by atoms with Crippen molar-refractivity contribution in [2.24, 2.45) is 0 Å². The molecule has 0 aliphatic heterocycles.